The summed E-state index contributed by atoms with van der Waals surface area (Å²) < 4.78 is 37.7. The number of benzene rings is 1. The molecule has 10 heteroatoms. The van der Waals surface area contributed by atoms with Crippen molar-refractivity contribution in [2.75, 3.05) is 19.7 Å². The standard InChI is InChI=1S/C13H13Cl2N3O4S/c1-8-16-17-13(22-8)10-7-18(5-6-21-10)23(19,20)11-4-2-3-9(14)12(11)15/h2-4,10H,5-7H2,1H3/t10-/m0/s1. The van der Waals surface area contributed by atoms with Crippen molar-refractivity contribution < 1.29 is 17.6 Å². The highest BCUT2D eigenvalue weighted by Crippen LogP contribution is 2.33. The van der Waals surface area contributed by atoms with E-state index in [1.54, 1.807) is 13.0 Å². The summed E-state index contributed by atoms with van der Waals surface area (Å²) in [6, 6.07) is 4.50. The van der Waals surface area contributed by atoms with Gasteiger partial charge in [0, 0.05) is 20.0 Å². The molecule has 1 fully saturated rings. The molecule has 0 bridgehead atoms. The zero-order valence-electron chi connectivity index (χ0n) is 12.1. The van der Waals surface area contributed by atoms with Gasteiger partial charge in [0.1, 0.15) is 11.0 Å². The van der Waals surface area contributed by atoms with Crippen LogP contribution in [0.4, 0.5) is 0 Å². The first-order valence-electron chi connectivity index (χ1n) is 6.75. The zero-order valence-corrected chi connectivity index (χ0v) is 14.4. The predicted molar refractivity (Wildman–Crippen MR) is 82.9 cm³/mol. The average molecular weight is 378 g/mol. The van der Waals surface area contributed by atoms with Crippen LogP contribution in [-0.4, -0.2) is 42.6 Å². The van der Waals surface area contributed by atoms with Gasteiger partial charge in [0.05, 0.1) is 16.7 Å². The monoisotopic (exact) mass is 377 g/mol. The first kappa shape index (κ1) is 16.7. The number of aryl methyl sites for hydroxylation is 1. The first-order chi connectivity index (χ1) is 10.9. The minimum Gasteiger partial charge on any atom is -0.423 e. The third-order valence-corrected chi connectivity index (χ3v) is 6.22. The lowest BCUT2D eigenvalue weighted by molar-refractivity contribution is -0.0176. The average Bonchev–Trinajstić information content (AvgIpc) is 2.96. The second-order valence-corrected chi connectivity index (χ2v) is 7.63. The van der Waals surface area contributed by atoms with Crippen LogP contribution < -0.4 is 0 Å². The van der Waals surface area contributed by atoms with Crippen LogP contribution in [0.15, 0.2) is 27.5 Å². The fraction of sp³-hybridized carbons (Fsp3) is 0.385. The molecule has 1 saturated heterocycles. The van der Waals surface area contributed by atoms with Crippen molar-refractivity contribution in [1.82, 2.24) is 14.5 Å². The Balaban J connectivity index is 1.89. The number of ether oxygens (including phenoxy) is 1. The number of morpholine rings is 1. The molecule has 0 spiro atoms. The number of rotatable bonds is 3. The lowest BCUT2D eigenvalue weighted by atomic mass is 10.3. The van der Waals surface area contributed by atoms with Gasteiger partial charge in [-0.1, -0.05) is 29.3 Å². The molecule has 23 heavy (non-hydrogen) atoms. The summed E-state index contributed by atoms with van der Waals surface area (Å²) in [5.74, 6) is 0.640. The summed E-state index contributed by atoms with van der Waals surface area (Å²) in [4.78, 5) is -0.0333. The Bertz CT molecular complexity index is 824. The van der Waals surface area contributed by atoms with Crippen molar-refractivity contribution in [2.24, 2.45) is 0 Å². The lowest BCUT2D eigenvalue weighted by Gasteiger charge is -2.30. The van der Waals surface area contributed by atoms with Crippen LogP contribution >= 0.6 is 23.2 Å². The molecule has 1 aromatic heterocycles. The molecule has 0 amide bonds. The van der Waals surface area contributed by atoms with Crippen LogP contribution in [-0.2, 0) is 14.8 Å². The Morgan fingerprint density at radius 3 is 2.78 bits per heavy atom. The predicted octanol–water partition coefficient (Wildman–Crippen LogP) is 2.45. The van der Waals surface area contributed by atoms with Gasteiger partial charge in [0.25, 0.3) is 0 Å². The first-order valence-corrected chi connectivity index (χ1v) is 8.95. The van der Waals surface area contributed by atoms with Gasteiger partial charge in [-0.3, -0.25) is 0 Å². The van der Waals surface area contributed by atoms with Crippen molar-refractivity contribution in [3.8, 4) is 0 Å². The van der Waals surface area contributed by atoms with Gasteiger partial charge in [-0.2, -0.15) is 4.31 Å². The molecular formula is C13H13Cl2N3O4S. The van der Waals surface area contributed by atoms with E-state index in [0.29, 0.717) is 5.89 Å². The highest BCUT2D eigenvalue weighted by molar-refractivity contribution is 7.89. The number of hydrogen-bond acceptors (Lipinski definition) is 6. The SMILES string of the molecule is Cc1nnc([C@@H]2CN(S(=O)(=O)c3cccc(Cl)c3Cl)CCO2)o1. The Morgan fingerprint density at radius 2 is 2.09 bits per heavy atom. The van der Waals surface area contributed by atoms with E-state index in [2.05, 4.69) is 10.2 Å². The van der Waals surface area contributed by atoms with Gasteiger partial charge in [0.2, 0.25) is 21.8 Å². The molecule has 1 atom stereocenters. The van der Waals surface area contributed by atoms with Crippen LogP contribution in [0.25, 0.3) is 0 Å². The quantitative estimate of drug-likeness (QED) is 0.816. The normalized spacial score (nSPS) is 19.9. The third-order valence-electron chi connectivity index (χ3n) is 3.38. The van der Waals surface area contributed by atoms with Crippen LogP contribution in [0.1, 0.15) is 17.9 Å². The summed E-state index contributed by atoms with van der Waals surface area (Å²) in [6.07, 6.45) is -0.613. The van der Waals surface area contributed by atoms with Crippen molar-refractivity contribution >= 4 is 33.2 Å². The fourth-order valence-corrected chi connectivity index (χ4v) is 4.42. The van der Waals surface area contributed by atoms with Crippen molar-refractivity contribution in [1.29, 1.82) is 0 Å². The zero-order chi connectivity index (χ0) is 16.6. The molecule has 3 rings (SSSR count). The van der Waals surface area contributed by atoms with E-state index < -0.39 is 16.1 Å². The van der Waals surface area contributed by atoms with Crippen molar-refractivity contribution in [3.63, 3.8) is 0 Å². The largest absolute Gasteiger partial charge is 0.423 e. The van der Waals surface area contributed by atoms with Gasteiger partial charge in [-0.05, 0) is 12.1 Å². The summed E-state index contributed by atoms with van der Waals surface area (Å²) in [6.45, 7) is 2.13. The third kappa shape index (κ3) is 3.22. The minimum atomic E-state index is -3.80. The molecule has 2 heterocycles. The Hall–Kier alpha value is -1.19. The molecule has 1 aromatic carbocycles. The van der Waals surface area contributed by atoms with Crippen LogP contribution in [0.5, 0.6) is 0 Å². The molecule has 0 saturated carbocycles. The summed E-state index contributed by atoms with van der Waals surface area (Å²) in [5.41, 5.74) is 0. The summed E-state index contributed by atoms with van der Waals surface area (Å²) >= 11 is 12.0. The maximum Gasteiger partial charge on any atom is 0.246 e. The number of aromatic nitrogens is 2. The Morgan fingerprint density at radius 1 is 1.30 bits per heavy atom. The minimum absolute atomic E-state index is 0.00541. The van der Waals surface area contributed by atoms with Crippen molar-refractivity contribution in [3.05, 3.63) is 40.0 Å². The van der Waals surface area contributed by atoms with E-state index in [9.17, 15) is 8.42 Å². The molecule has 124 valence electrons. The molecule has 2 aromatic rings. The number of sulfonamides is 1. The number of halogens is 2. The highest BCUT2D eigenvalue weighted by Gasteiger charge is 2.35. The highest BCUT2D eigenvalue weighted by atomic mass is 35.5. The maximum atomic E-state index is 12.8. The Kier molecular flexibility index (Phi) is 4.61. The molecule has 1 aliphatic rings. The summed E-state index contributed by atoms with van der Waals surface area (Å²) in [5, 5.41) is 7.80. The molecule has 0 aliphatic carbocycles. The van der Waals surface area contributed by atoms with E-state index in [1.165, 1.54) is 16.4 Å². The van der Waals surface area contributed by atoms with Gasteiger partial charge in [-0.15, -0.1) is 10.2 Å². The second-order valence-electron chi connectivity index (χ2n) is 4.93. The van der Waals surface area contributed by atoms with Gasteiger partial charge in [-0.25, -0.2) is 8.42 Å². The topological polar surface area (TPSA) is 85.5 Å². The van der Waals surface area contributed by atoms with Crippen molar-refractivity contribution in [2.45, 2.75) is 17.9 Å². The van der Waals surface area contributed by atoms with Gasteiger partial charge in [0.15, 0.2) is 0 Å². The second kappa shape index (κ2) is 6.37. The fourth-order valence-electron chi connectivity index (χ4n) is 2.26. The Labute approximate surface area is 143 Å². The van der Waals surface area contributed by atoms with E-state index in [1.807, 2.05) is 0 Å². The number of hydrogen-bond donors (Lipinski definition) is 0. The van der Waals surface area contributed by atoms with Gasteiger partial charge < -0.3 is 9.15 Å². The molecular weight excluding hydrogens is 365 g/mol. The van der Waals surface area contributed by atoms with E-state index >= 15 is 0 Å². The van der Waals surface area contributed by atoms with Crippen LogP contribution in [0.3, 0.4) is 0 Å². The van der Waals surface area contributed by atoms with Crippen LogP contribution in [0.2, 0.25) is 10.0 Å². The van der Waals surface area contributed by atoms with Gasteiger partial charge >= 0.3 is 0 Å². The molecule has 0 N–H and O–H groups in total. The summed E-state index contributed by atoms with van der Waals surface area (Å²) in [7, 11) is -3.80. The van der Waals surface area contributed by atoms with Crippen LogP contribution in [0, 0.1) is 6.92 Å². The smallest absolute Gasteiger partial charge is 0.246 e. The number of nitrogens with zero attached hydrogens (tertiary/aromatic N) is 3. The van der Waals surface area contributed by atoms with E-state index in [-0.39, 0.29) is 40.5 Å². The molecule has 0 radical (unpaired) electrons. The maximum absolute atomic E-state index is 12.8. The molecule has 0 unspecified atom stereocenters. The molecule has 1 aliphatic heterocycles. The lowest BCUT2D eigenvalue weighted by Crippen LogP contribution is -2.42. The van der Waals surface area contributed by atoms with E-state index in [4.69, 9.17) is 32.4 Å². The van der Waals surface area contributed by atoms with E-state index in [0.717, 1.165) is 0 Å². The molecule has 7 nitrogen and oxygen atoms in total.